The number of anilines is 1. The van der Waals surface area contributed by atoms with Gasteiger partial charge in [-0.1, -0.05) is 67.0 Å². The number of nitrogen functional groups attached to an aromatic ring is 1. The van der Waals surface area contributed by atoms with Gasteiger partial charge in [0.25, 0.3) is 0 Å². The SMILES string of the molecule is CC[C@H](C)[C@@H]([C@@H](CC(=O)N1CCC[C@H]1[C@H](OC)[C@@H](C)C(=O)N[C@@H](CN1CCN(C)CC1)C(=O)NCc1ccc(N)cc1)OC)N(C)C(=O)[C@@H](NC(=O)[C@H](C(C)C)N(C)C)C(C)C. The average Bonchev–Trinajstić information content (AvgIpc) is 3.71. The molecular formula is C46H81N9O7. The lowest BCUT2D eigenvalue weighted by Gasteiger charge is -2.41. The van der Waals surface area contributed by atoms with Crippen LogP contribution in [0.2, 0.25) is 0 Å². The van der Waals surface area contributed by atoms with E-state index < -0.39 is 48.3 Å². The number of hydrogen-bond acceptors (Lipinski definition) is 11. The molecule has 16 heteroatoms. The molecule has 2 aliphatic rings. The second kappa shape index (κ2) is 24.9. The number of nitrogens with two attached hydrogens (primary N) is 1. The maximum absolute atomic E-state index is 14.4. The van der Waals surface area contributed by atoms with E-state index in [1.165, 1.54) is 0 Å². The van der Waals surface area contributed by atoms with Gasteiger partial charge in [-0.3, -0.25) is 33.8 Å². The molecular weight excluding hydrogens is 791 g/mol. The summed E-state index contributed by atoms with van der Waals surface area (Å²) >= 11 is 0. The highest BCUT2D eigenvalue weighted by Crippen LogP contribution is 2.30. The maximum atomic E-state index is 14.4. The van der Waals surface area contributed by atoms with Crippen molar-refractivity contribution in [2.24, 2.45) is 23.7 Å². The summed E-state index contributed by atoms with van der Waals surface area (Å²) in [6, 6.07) is 4.44. The lowest BCUT2D eigenvalue weighted by Crippen LogP contribution is -2.60. The zero-order chi connectivity index (χ0) is 46.4. The molecule has 352 valence electrons. The van der Waals surface area contributed by atoms with E-state index in [9.17, 15) is 24.0 Å². The summed E-state index contributed by atoms with van der Waals surface area (Å²) in [6.07, 6.45) is 0.809. The van der Waals surface area contributed by atoms with Crippen LogP contribution in [0.5, 0.6) is 0 Å². The molecule has 62 heavy (non-hydrogen) atoms. The fraction of sp³-hybridized carbons (Fsp3) is 0.761. The number of piperazine rings is 1. The highest BCUT2D eigenvalue weighted by molar-refractivity contribution is 5.90. The largest absolute Gasteiger partial charge is 0.399 e. The molecule has 2 fully saturated rings. The van der Waals surface area contributed by atoms with Crippen molar-refractivity contribution in [1.29, 1.82) is 0 Å². The first kappa shape index (κ1) is 52.5. The third kappa shape index (κ3) is 14.3. The Bertz CT molecular complexity index is 1580. The number of likely N-dealkylation sites (tertiary alicyclic amines) is 1. The molecule has 1 aromatic rings. The number of benzene rings is 1. The molecule has 0 spiro atoms. The van der Waals surface area contributed by atoms with E-state index in [0.717, 1.165) is 44.6 Å². The van der Waals surface area contributed by atoms with Gasteiger partial charge < -0.3 is 45.9 Å². The first-order chi connectivity index (χ1) is 29.2. The monoisotopic (exact) mass is 872 g/mol. The molecule has 2 aliphatic heterocycles. The third-order valence-corrected chi connectivity index (χ3v) is 13.1. The Kier molecular flexibility index (Phi) is 21.1. The number of nitrogens with one attached hydrogen (secondary N) is 3. The summed E-state index contributed by atoms with van der Waals surface area (Å²) in [5.74, 6) is -2.10. The van der Waals surface area contributed by atoms with Gasteiger partial charge in [0.2, 0.25) is 29.5 Å². The van der Waals surface area contributed by atoms with Gasteiger partial charge in [0.05, 0.1) is 42.7 Å². The molecule has 0 aromatic heterocycles. The topological polar surface area (TPSA) is 182 Å². The summed E-state index contributed by atoms with van der Waals surface area (Å²) in [5.41, 5.74) is 7.38. The summed E-state index contributed by atoms with van der Waals surface area (Å²) in [7, 11) is 10.6. The van der Waals surface area contributed by atoms with E-state index in [1.807, 2.05) is 72.7 Å². The second-order valence-electron chi connectivity index (χ2n) is 18.6. The summed E-state index contributed by atoms with van der Waals surface area (Å²) < 4.78 is 12.1. The van der Waals surface area contributed by atoms with Gasteiger partial charge in [-0.15, -0.1) is 0 Å². The van der Waals surface area contributed by atoms with Gasteiger partial charge in [0.15, 0.2) is 0 Å². The first-order valence-electron chi connectivity index (χ1n) is 22.7. The molecule has 0 saturated carbocycles. The quantitative estimate of drug-likeness (QED) is 0.119. The Labute approximate surface area is 372 Å². The van der Waals surface area contributed by atoms with E-state index >= 15 is 0 Å². The third-order valence-electron chi connectivity index (χ3n) is 13.1. The minimum absolute atomic E-state index is 0.00662. The lowest BCUT2D eigenvalue weighted by atomic mass is 9.89. The van der Waals surface area contributed by atoms with Crippen LogP contribution in [-0.2, 0) is 40.0 Å². The van der Waals surface area contributed by atoms with E-state index in [2.05, 4.69) is 32.8 Å². The summed E-state index contributed by atoms with van der Waals surface area (Å²) in [5, 5.41) is 9.10. The van der Waals surface area contributed by atoms with Crippen molar-refractivity contribution in [2.45, 2.75) is 123 Å². The van der Waals surface area contributed by atoms with E-state index in [-0.39, 0.29) is 60.3 Å². The molecule has 0 bridgehead atoms. The minimum atomic E-state index is -0.811. The molecule has 0 unspecified atom stereocenters. The van der Waals surface area contributed by atoms with Crippen molar-refractivity contribution in [1.82, 2.24) is 40.4 Å². The van der Waals surface area contributed by atoms with E-state index in [4.69, 9.17) is 15.2 Å². The standard InChI is InChI=1S/C46H81N9O7/c1-14-31(6)41(53(11)46(60)39(29(2)3)50-45(59)40(30(4)5)51(8)9)37(61-12)26-38(56)55-21-15-16-36(55)42(62-13)32(7)43(57)49-35(28-54-24-22-52(10)23-25-54)44(58)48-27-33-17-19-34(47)20-18-33/h17-20,29-32,35-37,39-42H,14-16,21-28,47H2,1-13H3,(H,48,58)(H,49,57)(H,50,59)/t31-,32+,35-,36-,37+,39-,40-,41-,42+/m0/s1. The Balaban J connectivity index is 1.78. The zero-order valence-corrected chi connectivity index (χ0v) is 40.1. The molecule has 16 nitrogen and oxygen atoms in total. The molecule has 2 heterocycles. The predicted molar refractivity (Wildman–Crippen MR) is 244 cm³/mol. The highest BCUT2D eigenvalue weighted by atomic mass is 16.5. The van der Waals surface area contributed by atoms with Crippen molar-refractivity contribution in [3.8, 4) is 0 Å². The van der Waals surface area contributed by atoms with Crippen molar-refractivity contribution in [3.05, 3.63) is 29.8 Å². The normalized spacial score (nSPS) is 20.3. The number of ether oxygens (including phenoxy) is 2. The smallest absolute Gasteiger partial charge is 0.245 e. The van der Waals surface area contributed by atoms with Crippen LogP contribution < -0.4 is 21.7 Å². The number of likely N-dealkylation sites (N-methyl/N-ethyl adjacent to an activating group) is 3. The molecule has 3 rings (SSSR count). The summed E-state index contributed by atoms with van der Waals surface area (Å²) in [6.45, 7) is 18.1. The van der Waals surface area contributed by atoms with E-state index in [0.29, 0.717) is 25.2 Å². The molecule has 9 atom stereocenters. The van der Waals surface area contributed by atoms with Gasteiger partial charge in [0, 0.05) is 72.8 Å². The Hall–Kier alpha value is -3.83. The zero-order valence-electron chi connectivity index (χ0n) is 40.1. The van der Waals surface area contributed by atoms with E-state index in [1.54, 1.807) is 50.1 Å². The maximum Gasteiger partial charge on any atom is 0.245 e. The number of carbonyl (C=O) groups is 5. The van der Waals surface area contributed by atoms with Crippen LogP contribution in [0.4, 0.5) is 5.69 Å². The van der Waals surface area contributed by atoms with Crippen LogP contribution >= 0.6 is 0 Å². The molecule has 5 N–H and O–H groups in total. The molecule has 2 saturated heterocycles. The Morgan fingerprint density at radius 1 is 0.839 bits per heavy atom. The van der Waals surface area contributed by atoms with Crippen LogP contribution in [-0.4, -0.2) is 178 Å². The number of rotatable bonds is 23. The van der Waals surface area contributed by atoms with Crippen molar-refractivity contribution >= 4 is 35.2 Å². The number of methoxy groups -OCH3 is 2. The van der Waals surface area contributed by atoms with Crippen LogP contribution in [0, 0.1) is 23.7 Å². The second-order valence-corrected chi connectivity index (χ2v) is 18.6. The van der Waals surface area contributed by atoms with Gasteiger partial charge in [-0.05, 0) is 69.4 Å². The van der Waals surface area contributed by atoms with Crippen LogP contribution in [0.15, 0.2) is 24.3 Å². The van der Waals surface area contributed by atoms with Crippen molar-refractivity contribution < 1.29 is 33.4 Å². The Morgan fingerprint density at radius 3 is 2.00 bits per heavy atom. The van der Waals surface area contributed by atoms with Gasteiger partial charge >= 0.3 is 0 Å². The molecule has 0 radical (unpaired) electrons. The summed E-state index contributed by atoms with van der Waals surface area (Å²) in [4.78, 5) is 79.9. The molecule has 0 aliphatic carbocycles. The van der Waals surface area contributed by atoms with Crippen LogP contribution in [0.1, 0.15) is 79.7 Å². The number of hydrogen-bond donors (Lipinski definition) is 4. The first-order valence-corrected chi connectivity index (χ1v) is 22.7. The van der Waals surface area contributed by atoms with Crippen LogP contribution in [0.25, 0.3) is 0 Å². The van der Waals surface area contributed by atoms with Gasteiger partial charge in [-0.25, -0.2) is 0 Å². The lowest BCUT2D eigenvalue weighted by molar-refractivity contribution is -0.148. The fourth-order valence-corrected chi connectivity index (χ4v) is 9.15. The number of nitrogens with zero attached hydrogens (tertiary/aromatic N) is 5. The predicted octanol–water partition coefficient (Wildman–Crippen LogP) is 2.26. The van der Waals surface area contributed by atoms with Crippen molar-refractivity contribution in [3.63, 3.8) is 0 Å². The highest BCUT2D eigenvalue weighted by Gasteiger charge is 2.43. The van der Waals surface area contributed by atoms with Gasteiger partial charge in [-0.2, -0.15) is 0 Å². The van der Waals surface area contributed by atoms with Crippen LogP contribution in [0.3, 0.4) is 0 Å². The van der Waals surface area contributed by atoms with Gasteiger partial charge in [0.1, 0.15) is 12.1 Å². The minimum Gasteiger partial charge on any atom is -0.399 e. The molecule has 1 aromatic carbocycles. The molecule has 5 amide bonds. The average molecular weight is 872 g/mol. The van der Waals surface area contributed by atoms with Crippen molar-refractivity contribution in [2.75, 3.05) is 87.4 Å². The Morgan fingerprint density at radius 2 is 1.47 bits per heavy atom. The number of amides is 5. The number of carbonyl (C=O) groups excluding carboxylic acids is 5. The fourth-order valence-electron chi connectivity index (χ4n) is 9.15.